The van der Waals surface area contributed by atoms with Crippen LogP contribution in [0.1, 0.15) is 19.4 Å². The number of amides is 2. The zero-order chi connectivity index (χ0) is 15.9. The van der Waals surface area contributed by atoms with E-state index in [2.05, 4.69) is 4.98 Å². The first-order valence-electron chi connectivity index (χ1n) is 7.48. The van der Waals surface area contributed by atoms with Crippen LogP contribution >= 0.6 is 0 Å². The Morgan fingerprint density at radius 2 is 1.77 bits per heavy atom. The van der Waals surface area contributed by atoms with Crippen molar-refractivity contribution >= 4 is 28.3 Å². The molecule has 114 valence electrons. The molecule has 2 amide bonds. The van der Waals surface area contributed by atoms with Crippen LogP contribution in [0, 0.1) is 0 Å². The van der Waals surface area contributed by atoms with E-state index >= 15 is 0 Å². The van der Waals surface area contributed by atoms with Gasteiger partial charge in [-0.2, -0.15) is 0 Å². The molecule has 0 saturated heterocycles. The number of carbonyl (C=O) groups is 2. The Bertz CT molecular complexity index is 784. The van der Waals surface area contributed by atoms with Gasteiger partial charge in [0, 0.05) is 42.8 Å². The lowest BCUT2D eigenvalue weighted by Crippen LogP contribution is -2.32. The molecule has 0 atom stereocenters. The van der Waals surface area contributed by atoms with Crippen LogP contribution in [-0.2, 0) is 9.59 Å². The lowest BCUT2D eigenvalue weighted by Gasteiger charge is -2.22. The monoisotopic (exact) mass is 297 g/mol. The quantitative estimate of drug-likeness (QED) is 0.880. The summed E-state index contributed by atoms with van der Waals surface area (Å²) in [5.41, 5.74) is 2.75. The van der Waals surface area contributed by atoms with Crippen LogP contribution in [0.3, 0.4) is 0 Å². The molecule has 1 aromatic carbocycles. The molecule has 1 aromatic heterocycles. The van der Waals surface area contributed by atoms with Crippen LogP contribution in [0.2, 0.25) is 0 Å². The largest absolute Gasteiger partial charge is 0.367 e. The number of nitrogens with one attached hydrogen (secondary N) is 1. The van der Waals surface area contributed by atoms with Crippen molar-refractivity contribution < 1.29 is 9.59 Å². The first-order valence-corrected chi connectivity index (χ1v) is 7.48. The molecule has 22 heavy (non-hydrogen) atoms. The normalized spacial score (nSPS) is 15.3. The Balaban J connectivity index is 2.27. The molecule has 0 radical (unpaired) electrons. The molecule has 0 saturated carbocycles. The van der Waals surface area contributed by atoms with E-state index in [9.17, 15) is 9.59 Å². The van der Waals surface area contributed by atoms with Gasteiger partial charge in [-0.15, -0.1) is 0 Å². The van der Waals surface area contributed by atoms with Gasteiger partial charge in [0.05, 0.1) is 5.57 Å². The molecule has 0 bridgehead atoms. The number of rotatable bonds is 4. The minimum absolute atomic E-state index is 0.228. The van der Waals surface area contributed by atoms with E-state index in [1.807, 2.05) is 49.2 Å². The molecule has 5 heteroatoms. The van der Waals surface area contributed by atoms with Crippen molar-refractivity contribution in [1.29, 1.82) is 0 Å². The molecule has 5 nitrogen and oxygen atoms in total. The number of benzene rings is 1. The Morgan fingerprint density at radius 1 is 1.09 bits per heavy atom. The highest BCUT2D eigenvalue weighted by molar-refractivity contribution is 6.36. The summed E-state index contributed by atoms with van der Waals surface area (Å²) in [6.07, 6.45) is 1.81. The molecule has 0 fully saturated rings. The third-order valence-electron chi connectivity index (χ3n) is 4.20. The fourth-order valence-electron chi connectivity index (χ4n) is 2.98. The molecule has 0 spiro atoms. The third kappa shape index (κ3) is 1.93. The summed E-state index contributed by atoms with van der Waals surface area (Å²) in [5.74, 6) is -0.467. The van der Waals surface area contributed by atoms with Crippen molar-refractivity contribution in [2.24, 2.45) is 0 Å². The highest BCUT2D eigenvalue weighted by Gasteiger charge is 2.39. The lowest BCUT2D eigenvalue weighted by atomic mass is 10.0. The van der Waals surface area contributed by atoms with Crippen molar-refractivity contribution in [3.63, 3.8) is 0 Å². The average molecular weight is 297 g/mol. The van der Waals surface area contributed by atoms with Gasteiger partial charge in [-0.05, 0) is 19.9 Å². The van der Waals surface area contributed by atoms with E-state index in [1.165, 1.54) is 11.9 Å². The van der Waals surface area contributed by atoms with Crippen LogP contribution in [0.5, 0.6) is 0 Å². The molecule has 0 aliphatic carbocycles. The van der Waals surface area contributed by atoms with Gasteiger partial charge in [-0.25, -0.2) is 0 Å². The summed E-state index contributed by atoms with van der Waals surface area (Å²) in [5, 5.41) is 0.957. The maximum Gasteiger partial charge on any atom is 0.277 e. The van der Waals surface area contributed by atoms with E-state index in [-0.39, 0.29) is 11.8 Å². The number of carbonyl (C=O) groups excluding carboxylic acids is 2. The average Bonchev–Trinajstić information content (AvgIpc) is 3.05. The van der Waals surface area contributed by atoms with Crippen molar-refractivity contribution in [2.75, 3.05) is 20.1 Å². The molecule has 2 aromatic rings. The third-order valence-corrected chi connectivity index (χ3v) is 4.20. The zero-order valence-electron chi connectivity index (χ0n) is 13.0. The molecule has 1 aliphatic rings. The maximum atomic E-state index is 12.6. The van der Waals surface area contributed by atoms with Crippen molar-refractivity contribution in [3.05, 3.63) is 41.7 Å². The molecule has 2 heterocycles. The number of aromatic nitrogens is 1. The second-order valence-corrected chi connectivity index (χ2v) is 5.31. The predicted molar refractivity (Wildman–Crippen MR) is 85.9 cm³/mol. The number of hydrogen-bond donors (Lipinski definition) is 1. The van der Waals surface area contributed by atoms with Gasteiger partial charge < -0.3 is 9.88 Å². The van der Waals surface area contributed by atoms with Gasteiger partial charge >= 0.3 is 0 Å². The van der Waals surface area contributed by atoms with Crippen LogP contribution < -0.4 is 0 Å². The summed E-state index contributed by atoms with van der Waals surface area (Å²) in [6.45, 7) is 5.34. The highest BCUT2D eigenvalue weighted by Crippen LogP contribution is 2.34. The number of aromatic amines is 1. The summed E-state index contributed by atoms with van der Waals surface area (Å²) >= 11 is 0. The number of hydrogen-bond acceptors (Lipinski definition) is 3. The highest BCUT2D eigenvalue weighted by atomic mass is 16.2. The number of imide groups is 1. The van der Waals surface area contributed by atoms with Crippen LogP contribution in [0.25, 0.3) is 16.5 Å². The molecular formula is C17H19N3O2. The molecule has 0 unspecified atom stereocenters. The van der Waals surface area contributed by atoms with E-state index in [4.69, 9.17) is 0 Å². The van der Waals surface area contributed by atoms with Crippen LogP contribution in [0.15, 0.2) is 36.2 Å². The van der Waals surface area contributed by atoms with Crippen LogP contribution in [0.4, 0.5) is 0 Å². The van der Waals surface area contributed by atoms with Gasteiger partial charge in [0.2, 0.25) is 0 Å². The Labute approximate surface area is 129 Å². The van der Waals surface area contributed by atoms with Crippen LogP contribution in [-0.4, -0.2) is 46.7 Å². The standard InChI is InChI=1S/C17H19N3O2/c1-4-20(5-2)15-14(16(21)19(3)17(15)22)12-10-18-13-9-7-6-8-11(12)13/h6-10,18H,4-5H2,1-3H3. The fourth-order valence-corrected chi connectivity index (χ4v) is 2.98. The minimum Gasteiger partial charge on any atom is -0.367 e. The number of nitrogens with zero attached hydrogens (tertiary/aromatic N) is 2. The summed E-state index contributed by atoms with van der Waals surface area (Å²) in [6, 6.07) is 7.80. The van der Waals surface area contributed by atoms with E-state index < -0.39 is 0 Å². The Morgan fingerprint density at radius 3 is 2.45 bits per heavy atom. The second-order valence-electron chi connectivity index (χ2n) is 5.31. The number of likely N-dealkylation sites (N-methyl/N-ethyl adjacent to an activating group) is 2. The first-order chi connectivity index (χ1) is 10.6. The fraction of sp³-hybridized carbons (Fsp3) is 0.294. The van der Waals surface area contributed by atoms with Crippen molar-refractivity contribution in [2.45, 2.75) is 13.8 Å². The second kappa shape index (κ2) is 5.33. The Hall–Kier alpha value is -2.56. The predicted octanol–water partition coefficient (Wildman–Crippen LogP) is 2.22. The molecular weight excluding hydrogens is 278 g/mol. The van der Waals surface area contributed by atoms with E-state index in [1.54, 1.807) is 0 Å². The van der Waals surface area contributed by atoms with Crippen molar-refractivity contribution in [1.82, 2.24) is 14.8 Å². The first kappa shape index (κ1) is 14.4. The molecule has 3 rings (SSSR count). The SMILES string of the molecule is CCN(CC)C1=C(c2c[nH]c3ccccc23)C(=O)N(C)C1=O. The summed E-state index contributed by atoms with van der Waals surface area (Å²) < 4.78 is 0. The summed E-state index contributed by atoms with van der Waals surface area (Å²) in [4.78, 5) is 31.4. The van der Waals surface area contributed by atoms with Crippen molar-refractivity contribution in [3.8, 4) is 0 Å². The molecule has 1 N–H and O–H groups in total. The van der Waals surface area contributed by atoms with E-state index in [0.29, 0.717) is 24.4 Å². The smallest absolute Gasteiger partial charge is 0.277 e. The summed E-state index contributed by atoms with van der Waals surface area (Å²) in [7, 11) is 1.54. The topological polar surface area (TPSA) is 56.4 Å². The maximum absolute atomic E-state index is 12.6. The molecule has 1 aliphatic heterocycles. The van der Waals surface area contributed by atoms with E-state index in [0.717, 1.165) is 16.5 Å². The lowest BCUT2D eigenvalue weighted by molar-refractivity contribution is -0.135. The zero-order valence-corrected chi connectivity index (χ0v) is 13.0. The minimum atomic E-state index is -0.239. The van der Waals surface area contributed by atoms with Gasteiger partial charge in [0.15, 0.2) is 0 Å². The van der Waals surface area contributed by atoms with Gasteiger partial charge in [-0.3, -0.25) is 14.5 Å². The number of para-hydroxylation sites is 1. The van der Waals surface area contributed by atoms with Gasteiger partial charge in [0.1, 0.15) is 5.70 Å². The number of H-pyrrole nitrogens is 1. The van der Waals surface area contributed by atoms with Gasteiger partial charge in [0.25, 0.3) is 11.8 Å². The Kier molecular flexibility index (Phi) is 3.48. The number of fused-ring (bicyclic) bond motifs is 1. The van der Waals surface area contributed by atoms with Gasteiger partial charge in [-0.1, -0.05) is 18.2 Å².